The van der Waals surface area contributed by atoms with Crippen LogP contribution in [-0.2, 0) is 11.2 Å². The predicted octanol–water partition coefficient (Wildman–Crippen LogP) is 3.95. The van der Waals surface area contributed by atoms with E-state index >= 15 is 0 Å². The van der Waals surface area contributed by atoms with Crippen molar-refractivity contribution < 1.29 is 9.59 Å². The molecule has 1 aliphatic rings. The van der Waals surface area contributed by atoms with Gasteiger partial charge in [-0.1, -0.05) is 31.0 Å². The number of nitrogens with zero attached hydrogens (tertiary/aromatic N) is 1. The third-order valence-electron chi connectivity index (χ3n) is 4.24. The lowest BCUT2D eigenvalue weighted by atomic mass is 10.1. The van der Waals surface area contributed by atoms with Crippen LogP contribution < -0.4 is 5.32 Å². The Morgan fingerprint density at radius 2 is 1.75 bits per heavy atom. The number of nitrogens with one attached hydrogen (secondary N) is 1. The van der Waals surface area contributed by atoms with E-state index in [-0.39, 0.29) is 11.8 Å². The second-order valence-electron chi connectivity index (χ2n) is 6.06. The quantitative estimate of drug-likeness (QED) is 0.915. The number of carbonyl (C=O) groups is 2. The molecule has 1 N–H and O–H groups in total. The molecule has 2 amide bonds. The minimum Gasteiger partial charge on any atom is -0.339 e. The van der Waals surface area contributed by atoms with Gasteiger partial charge in [-0.25, -0.2) is 0 Å². The molecule has 2 aromatic rings. The van der Waals surface area contributed by atoms with Gasteiger partial charge in [0.05, 0.1) is 17.7 Å². The molecule has 1 aromatic heterocycles. The molecule has 1 aromatic carbocycles. The van der Waals surface area contributed by atoms with Crippen molar-refractivity contribution in [3.63, 3.8) is 0 Å². The van der Waals surface area contributed by atoms with Gasteiger partial charge in [0.1, 0.15) is 0 Å². The average Bonchev–Trinajstić information content (AvgIpc) is 2.94. The number of para-hydroxylation sites is 1. The van der Waals surface area contributed by atoms with Crippen molar-refractivity contribution in [1.29, 1.82) is 0 Å². The van der Waals surface area contributed by atoms with Gasteiger partial charge in [0.25, 0.3) is 5.91 Å². The molecule has 24 heavy (non-hydrogen) atoms. The summed E-state index contributed by atoms with van der Waals surface area (Å²) in [7, 11) is 0. The second-order valence-corrected chi connectivity index (χ2v) is 7.09. The van der Waals surface area contributed by atoms with Crippen LogP contribution in [0.1, 0.15) is 40.9 Å². The van der Waals surface area contributed by atoms with Crippen LogP contribution >= 0.6 is 11.3 Å². The summed E-state index contributed by atoms with van der Waals surface area (Å²) in [5.41, 5.74) is 1.19. The smallest absolute Gasteiger partial charge is 0.255 e. The number of amides is 2. The SMILES string of the molecule is O=C(Cc1cccs1)Nc1ccccc1C(=O)N1CCCCCC1. The lowest BCUT2D eigenvalue weighted by molar-refractivity contribution is -0.115. The fourth-order valence-electron chi connectivity index (χ4n) is 2.99. The Hall–Kier alpha value is -2.14. The summed E-state index contributed by atoms with van der Waals surface area (Å²) in [6, 6.07) is 11.2. The summed E-state index contributed by atoms with van der Waals surface area (Å²) in [6.07, 6.45) is 4.81. The summed E-state index contributed by atoms with van der Waals surface area (Å²) in [5, 5.41) is 4.86. The first-order valence-corrected chi connectivity index (χ1v) is 9.32. The number of likely N-dealkylation sites (tertiary alicyclic amines) is 1. The van der Waals surface area contributed by atoms with Gasteiger partial charge in [-0.15, -0.1) is 11.3 Å². The van der Waals surface area contributed by atoms with Crippen molar-refractivity contribution >= 4 is 28.8 Å². The van der Waals surface area contributed by atoms with Crippen LogP contribution in [0.2, 0.25) is 0 Å². The highest BCUT2D eigenvalue weighted by Crippen LogP contribution is 2.20. The van der Waals surface area contributed by atoms with Gasteiger partial charge in [0.2, 0.25) is 5.91 Å². The van der Waals surface area contributed by atoms with Crippen molar-refractivity contribution in [3.8, 4) is 0 Å². The normalized spacial score (nSPS) is 14.9. The van der Waals surface area contributed by atoms with E-state index in [2.05, 4.69) is 5.32 Å². The van der Waals surface area contributed by atoms with Crippen LogP contribution in [0, 0.1) is 0 Å². The highest BCUT2D eigenvalue weighted by atomic mass is 32.1. The molecule has 1 fully saturated rings. The maximum absolute atomic E-state index is 12.8. The Morgan fingerprint density at radius 1 is 1.00 bits per heavy atom. The van der Waals surface area contributed by atoms with Crippen LogP contribution in [0.25, 0.3) is 0 Å². The van der Waals surface area contributed by atoms with E-state index in [4.69, 9.17) is 0 Å². The lowest BCUT2D eigenvalue weighted by Gasteiger charge is -2.22. The van der Waals surface area contributed by atoms with E-state index in [9.17, 15) is 9.59 Å². The molecule has 3 rings (SSSR count). The molecule has 1 aliphatic heterocycles. The van der Waals surface area contributed by atoms with Gasteiger partial charge in [-0.3, -0.25) is 9.59 Å². The van der Waals surface area contributed by atoms with Gasteiger partial charge >= 0.3 is 0 Å². The number of rotatable bonds is 4. The molecular weight excluding hydrogens is 320 g/mol. The second kappa shape index (κ2) is 8.11. The number of benzene rings is 1. The van der Waals surface area contributed by atoms with Crippen LogP contribution in [-0.4, -0.2) is 29.8 Å². The van der Waals surface area contributed by atoms with Crippen molar-refractivity contribution in [3.05, 3.63) is 52.2 Å². The van der Waals surface area contributed by atoms with E-state index in [1.165, 1.54) is 12.8 Å². The zero-order chi connectivity index (χ0) is 16.8. The fourth-order valence-corrected chi connectivity index (χ4v) is 3.69. The van der Waals surface area contributed by atoms with E-state index in [1.54, 1.807) is 23.5 Å². The molecule has 5 heteroatoms. The maximum Gasteiger partial charge on any atom is 0.255 e. The predicted molar refractivity (Wildman–Crippen MR) is 97.5 cm³/mol. The Morgan fingerprint density at radius 3 is 2.46 bits per heavy atom. The molecule has 0 unspecified atom stereocenters. The van der Waals surface area contributed by atoms with E-state index in [0.717, 1.165) is 30.8 Å². The zero-order valence-electron chi connectivity index (χ0n) is 13.7. The van der Waals surface area contributed by atoms with Crippen LogP contribution in [0.15, 0.2) is 41.8 Å². The van der Waals surface area contributed by atoms with Crippen LogP contribution in [0.4, 0.5) is 5.69 Å². The van der Waals surface area contributed by atoms with Crippen molar-refractivity contribution in [2.75, 3.05) is 18.4 Å². The molecule has 0 saturated carbocycles. The number of hydrogen-bond donors (Lipinski definition) is 1. The van der Waals surface area contributed by atoms with Crippen molar-refractivity contribution in [1.82, 2.24) is 4.90 Å². The highest BCUT2D eigenvalue weighted by Gasteiger charge is 2.20. The topological polar surface area (TPSA) is 49.4 Å². The summed E-state index contributed by atoms with van der Waals surface area (Å²) in [5.74, 6) is -0.0718. The summed E-state index contributed by atoms with van der Waals surface area (Å²) in [4.78, 5) is 28.0. The standard InChI is InChI=1S/C19H22N2O2S/c22-18(14-15-8-7-13-24-15)20-17-10-4-3-9-16(17)19(23)21-11-5-1-2-6-12-21/h3-4,7-10,13H,1-2,5-6,11-12,14H2,(H,20,22). The number of hydrogen-bond acceptors (Lipinski definition) is 3. The van der Waals surface area contributed by atoms with E-state index in [1.807, 2.05) is 34.5 Å². The van der Waals surface area contributed by atoms with Gasteiger partial charge in [-0.2, -0.15) is 0 Å². The van der Waals surface area contributed by atoms with Crippen molar-refractivity contribution in [2.24, 2.45) is 0 Å². The minimum absolute atomic E-state index is 0.0175. The van der Waals surface area contributed by atoms with Crippen LogP contribution in [0.3, 0.4) is 0 Å². The third-order valence-corrected chi connectivity index (χ3v) is 5.12. The minimum atomic E-state index is -0.0893. The Labute approximate surface area is 146 Å². The first kappa shape index (κ1) is 16.7. The average molecular weight is 342 g/mol. The maximum atomic E-state index is 12.8. The Bertz CT molecular complexity index is 689. The van der Waals surface area contributed by atoms with E-state index < -0.39 is 0 Å². The first-order chi connectivity index (χ1) is 11.7. The van der Waals surface area contributed by atoms with E-state index in [0.29, 0.717) is 17.7 Å². The number of carbonyl (C=O) groups excluding carboxylic acids is 2. The molecule has 2 heterocycles. The Balaban J connectivity index is 1.72. The number of thiophene rings is 1. The molecule has 0 atom stereocenters. The highest BCUT2D eigenvalue weighted by molar-refractivity contribution is 7.10. The largest absolute Gasteiger partial charge is 0.339 e. The van der Waals surface area contributed by atoms with Crippen LogP contribution in [0.5, 0.6) is 0 Å². The first-order valence-electron chi connectivity index (χ1n) is 8.44. The molecule has 126 valence electrons. The summed E-state index contributed by atoms with van der Waals surface area (Å²) < 4.78 is 0. The number of anilines is 1. The Kier molecular flexibility index (Phi) is 5.64. The third kappa shape index (κ3) is 4.23. The molecule has 0 radical (unpaired) electrons. The summed E-state index contributed by atoms with van der Waals surface area (Å²) in [6.45, 7) is 1.60. The zero-order valence-corrected chi connectivity index (χ0v) is 14.5. The lowest BCUT2D eigenvalue weighted by Crippen LogP contribution is -2.32. The van der Waals surface area contributed by atoms with Gasteiger partial charge in [0, 0.05) is 18.0 Å². The summed E-state index contributed by atoms with van der Waals surface area (Å²) >= 11 is 1.56. The van der Waals surface area contributed by atoms with Gasteiger partial charge in [0.15, 0.2) is 0 Å². The van der Waals surface area contributed by atoms with Gasteiger partial charge in [-0.05, 0) is 36.4 Å². The van der Waals surface area contributed by atoms with Gasteiger partial charge < -0.3 is 10.2 Å². The molecule has 0 bridgehead atoms. The molecule has 0 spiro atoms. The molecular formula is C19H22N2O2S. The molecule has 0 aliphatic carbocycles. The monoisotopic (exact) mass is 342 g/mol. The molecule has 4 nitrogen and oxygen atoms in total. The van der Waals surface area contributed by atoms with Crippen molar-refractivity contribution in [2.45, 2.75) is 32.1 Å². The fraction of sp³-hybridized carbons (Fsp3) is 0.368. The molecule has 1 saturated heterocycles.